The van der Waals surface area contributed by atoms with Gasteiger partial charge in [-0.1, -0.05) is 26.0 Å². The summed E-state index contributed by atoms with van der Waals surface area (Å²) in [5.74, 6) is 1.15. The topological polar surface area (TPSA) is 74.8 Å². The lowest BCUT2D eigenvalue weighted by Crippen LogP contribution is -2.30. The molecule has 0 spiro atoms. The van der Waals surface area contributed by atoms with Crippen molar-refractivity contribution in [1.82, 2.24) is 14.7 Å². The minimum atomic E-state index is -3.27. The summed E-state index contributed by atoms with van der Waals surface area (Å²) >= 11 is 0. The van der Waals surface area contributed by atoms with Crippen molar-refractivity contribution in [2.75, 3.05) is 5.75 Å². The number of fused-ring (bicyclic) bond motifs is 1. The fourth-order valence-corrected chi connectivity index (χ4v) is 3.50. The predicted molar refractivity (Wildman–Crippen MR) is 80.9 cm³/mol. The van der Waals surface area contributed by atoms with Gasteiger partial charge in [-0.05, 0) is 31.4 Å². The van der Waals surface area contributed by atoms with Gasteiger partial charge in [0.25, 0.3) is 0 Å². The zero-order valence-electron chi connectivity index (χ0n) is 12.1. The lowest BCUT2D eigenvalue weighted by atomic mass is 10.2. The van der Waals surface area contributed by atoms with Crippen molar-refractivity contribution in [2.24, 2.45) is 5.92 Å². The molecule has 0 aliphatic heterocycles. The molecule has 0 amide bonds. The maximum absolute atomic E-state index is 12.0. The average Bonchev–Trinajstić information content (AvgIpc) is 2.80. The first-order valence-electron chi connectivity index (χ1n) is 6.82. The number of aromatic amines is 1. The Balaban J connectivity index is 2.09. The second kappa shape index (κ2) is 5.93. The fraction of sp³-hybridized carbons (Fsp3) is 0.500. The number of nitrogens with one attached hydrogen (secondary N) is 2. The molecule has 20 heavy (non-hydrogen) atoms. The molecule has 0 aliphatic carbocycles. The van der Waals surface area contributed by atoms with Gasteiger partial charge in [0.1, 0.15) is 5.82 Å². The van der Waals surface area contributed by atoms with Crippen LogP contribution in [0.3, 0.4) is 0 Å². The monoisotopic (exact) mass is 295 g/mol. The van der Waals surface area contributed by atoms with Crippen molar-refractivity contribution in [3.63, 3.8) is 0 Å². The molecule has 1 unspecified atom stereocenters. The van der Waals surface area contributed by atoms with Crippen LogP contribution in [0, 0.1) is 5.92 Å². The highest BCUT2D eigenvalue weighted by atomic mass is 32.2. The molecule has 1 heterocycles. The van der Waals surface area contributed by atoms with Crippen molar-refractivity contribution in [2.45, 2.75) is 33.2 Å². The lowest BCUT2D eigenvalue weighted by Gasteiger charge is -2.12. The highest BCUT2D eigenvalue weighted by Crippen LogP contribution is 2.16. The molecule has 2 aromatic rings. The fourth-order valence-electron chi connectivity index (χ4n) is 1.95. The standard InChI is InChI=1S/C14H21N3O2S/c1-10(2)8-9-20(18,19)17-11(3)14-15-12-6-4-5-7-13(12)16-14/h4-7,10-11,17H,8-9H2,1-3H3,(H,15,16). The lowest BCUT2D eigenvalue weighted by molar-refractivity contribution is 0.546. The zero-order chi connectivity index (χ0) is 14.8. The van der Waals surface area contributed by atoms with Crippen LogP contribution in [0.15, 0.2) is 24.3 Å². The number of H-pyrrole nitrogens is 1. The van der Waals surface area contributed by atoms with Crippen molar-refractivity contribution in [1.29, 1.82) is 0 Å². The van der Waals surface area contributed by atoms with Crippen LogP contribution >= 0.6 is 0 Å². The van der Waals surface area contributed by atoms with Crippen LogP contribution in [0.25, 0.3) is 11.0 Å². The van der Waals surface area contributed by atoms with Gasteiger partial charge in [0.2, 0.25) is 10.0 Å². The number of hydrogen-bond acceptors (Lipinski definition) is 3. The van der Waals surface area contributed by atoms with Crippen LogP contribution in [-0.4, -0.2) is 24.1 Å². The minimum Gasteiger partial charge on any atom is -0.341 e. The van der Waals surface area contributed by atoms with Gasteiger partial charge >= 0.3 is 0 Å². The van der Waals surface area contributed by atoms with Gasteiger partial charge in [0, 0.05) is 0 Å². The summed E-state index contributed by atoms with van der Waals surface area (Å²) in [6.07, 6.45) is 0.655. The van der Waals surface area contributed by atoms with E-state index < -0.39 is 10.0 Å². The molecule has 2 N–H and O–H groups in total. The van der Waals surface area contributed by atoms with E-state index in [0.717, 1.165) is 11.0 Å². The van der Waals surface area contributed by atoms with Gasteiger partial charge in [-0.25, -0.2) is 18.1 Å². The molecule has 5 nitrogen and oxygen atoms in total. The van der Waals surface area contributed by atoms with E-state index in [2.05, 4.69) is 14.7 Å². The number of para-hydroxylation sites is 2. The Morgan fingerprint density at radius 1 is 1.25 bits per heavy atom. The minimum absolute atomic E-state index is 0.148. The summed E-state index contributed by atoms with van der Waals surface area (Å²) in [6, 6.07) is 7.28. The second-order valence-corrected chi connectivity index (χ2v) is 7.35. The normalized spacial score (nSPS) is 14.0. The smallest absolute Gasteiger partial charge is 0.212 e. The summed E-state index contributed by atoms with van der Waals surface area (Å²) in [7, 11) is -3.27. The third-order valence-electron chi connectivity index (χ3n) is 3.14. The Morgan fingerprint density at radius 3 is 2.60 bits per heavy atom. The molecule has 0 saturated carbocycles. The van der Waals surface area contributed by atoms with Crippen molar-refractivity contribution >= 4 is 21.1 Å². The largest absolute Gasteiger partial charge is 0.341 e. The highest BCUT2D eigenvalue weighted by molar-refractivity contribution is 7.89. The average molecular weight is 295 g/mol. The van der Waals surface area contributed by atoms with E-state index in [-0.39, 0.29) is 11.8 Å². The number of hydrogen-bond donors (Lipinski definition) is 2. The Morgan fingerprint density at radius 2 is 1.95 bits per heavy atom. The molecule has 0 radical (unpaired) electrons. The Hall–Kier alpha value is -1.40. The maximum atomic E-state index is 12.0. The van der Waals surface area contributed by atoms with Crippen molar-refractivity contribution in [3.8, 4) is 0 Å². The molecule has 1 aromatic carbocycles. The van der Waals surface area contributed by atoms with Crippen molar-refractivity contribution < 1.29 is 8.42 Å². The molecule has 6 heteroatoms. The third-order valence-corrected chi connectivity index (χ3v) is 4.62. The van der Waals surface area contributed by atoms with Gasteiger partial charge in [-0.3, -0.25) is 0 Å². The summed E-state index contributed by atoms with van der Waals surface area (Å²) in [4.78, 5) is 7.55. The first-order valence-corrected chi connectivity index (χ1v) is 8.47. The summed E-state index contributed by atoms with van der Waals surface area (Å²) in [5.41, 5.74) is 1.76. The summed E-state index contributed by atoms with van der Waals surface area (Å²) in [6.45, 7) is 5.82. The molecule has 0 bridgehead atoms. The molecule has 0 fully saturated rings. The molecule has 2 rings (SSSR count). The predicted octanol–water partition coefficient (Wildman–Crippen LogP) is 2.59. The van der Waals surface area contributed by atoms with E-state index in [4.69, 9.17) is 0 Å². The third kappa shape index (κ3) is 3.80. The van der Waals surface area contributed by atoms with Crippen LogP contribution in [0.4, 0.5) is 0 Å². The zero-order valence-corrected chi connectivity index (χ0v) is 12.9. The van der Waals surface area contributed by atoms with Gasteiger partial charge in [-0.2, -0.15) is 0 Å². The van der Waals surface area contributed by atoms with Crippen LogP contribution < -0.4 is 4.72 Å². The molecule has 110 valence electrons. The summed E-state index contributed by atoms with van der Waals surface area (Å²) in [5, 5.41) is 0. The van der Waals surface area contributed by atoms with E-state index in [1.54, 1.807) is 6.92 Å². The Bertz CT molecular complexity index is 644. The van der Waals surface area contributed by atoms with Crippen LogP contribution in [0.5, 0.6) is 0 Å². The maximum Gasteiger partial charge on any atom is 0.212 e. The van der Waals surface area contributed by atoms with E-state index in [1.807, 2.05) is 38.1 Å². The Kier molecular flexibility index (Phi) is 4.45. The van der Waals surface area contributed by atoms with E-state index in [1.165, 1.54) is 0 Å². The van der Waals surface area contributed by atoms with Crippen LogP contribution in [0.2, 0.25) is 0 Å². The summed E-state index contributed by atoms with van der Waals surface area (Å²) < 4.78 is 26.6. The first-order chi connectivity index (χ1) is 9.37. The molecular formula is C14H21N3O2S. The quantitative estimate of drug-likeness (QED) is 0.860. The van der Waals surface area contributed by atoms with Crippen LogP contribution in [0.1, 0.15) is 39.1 Å². The van der Waals surface area contributed by atoms with E-state index in [9.17, 15) is 8.42 Å². The number of aromatic nitrogens is 2. The van der Waals surface area contributed by atoms with Crippen LogP contribution in [-0.2, 0) is 10.0 Å². The Labute approximate surface area is 119 Å². The van der Waals surface area contributed by atoms with Crippen molar-refractivity contribution in [3.05, 3.63) is 30.1 Å². The number of sulfonamides is 1. The van der Waals surface area contributed by atoms with Gasteiger partial charge < -0.3 is 4.98 Å². The van der Waals surface area contributed by atoms with E-state index >= 15 is 0 Å². The molecule has 1 atom stereocenters. The number of benzene rings is 1. The number of rotatable bonds is 6. The molecular weight excluding hydrogens is 274 g/mol. The van der Waals surface area contributed by atoms with E-state index in [0.29, 0.717) is 18.2 Å². The molecule has 1 aromatic heterocycles. The number of imidazole rings is 1. The first kappa shape index (κ1) is 15.0. The van der Waals surface area contributed by atoms with Gasteiger partial charge in [0.05, 0.1) is 22.8 Å². The molecule has 0 aliphatic rings. The number of nitrogens with zero attached hydrogens (tertiary/aromatic N) is 1. The highest BCUT2D eigenvalue weighted by Gasteiger charge is 2.18. The SMILES string of the molecule is CC(C)CCS(=O)(=O)NC(C)c1nc2ccccc2[nH]1. The molecule has 0 saturated heterocycles. The second-order valence-electron chi connectivity index (χ2n) is 5.48. The van der Waals surface area contributed by atoms with Gasteiger partial charge in [-0.15, -0.1) is 0 Å². The van der Waals surface area contributed by atoms with Gasteiger partial charge in [0.15, 0.2) is 0 Å².